The van der Waals surface area contributed by atoms with Crippen molar-refractivity contribution in [3.8, 4) is 5.75 Å². The van der Waals surface area contributed by atoms with E-state index < -0.39 is 9.84 Å². The van der Waals surface area contributed by atoms with Crippen LogP contribution in [0.4, 0.5) is 0 Å². The maximum Gasteiger partial charge on any atom is 0.253 e. The van der Waals surface area contributed by atoms with Crippen LogP contribution in [0.3, 0.4) is 0 Å². The maximum atomic E-state index is 13.2. The molecule has 0 bridgehead atoms. The number of nitrogens with zero attached hydrogens (tertiary/aromatic N) is 2. The molecular formula is C23H20N4O5S. The van der Waals surface area contributed by atoms with Crippen molar-refractivity contribution >= 4 is 32.6 Å². The number of carbonyl (C=O) groups excluding carboxylic acids is 2. The summed E-state index contributed by atoms with van der Waals surface area (Å²) < 4.78 is 31.5. The molecule has 2 N–H and O–H groups in total. The average Bonchev–Trinajstić information content (AvgIpc) is 3.30. The van der Waals surface area contributed by atoms with Crippen LogP contribution in [0.2, 0.25) is 0 Å². The molecular weight excluding hydrogens is 444 g/mol. The standard InChI is InChI=1S/C23H20N4O5S/c1-14(28)16-5-8-20(32-2)21(10-16)33(30,31)19-6-3-15(4-7-19)11-25-23(29)18-9-17-13-26-27-22(17)24-12-18/h3-10,12-13H,11H2,1-2H3,(H,25,29)(H,24,26,27). The normalized spacial score (nSPS) is 11.3. The zero-order chi connectivity index (χ0) is 23.6. The van der Waals surface area contributed by atoms with Crippen LogP contribution in [0.5, 0.6) is 5.75 Å². The van der Waals surface area contributed by atoms with Gasteiger partial charge in [-0.05, 0) is 48.9 Å². The van der Waals surface area contributed by atoms with Crippen LogP contribution in [0.25, 0.3) is 11.0 Å². The molecule has 0 aliphatic carbocycles. The Morgan fingerprint density at radius 1 is 1.03 bits per heavy atom. The number of Topliss-reactive ketones (excluding diaryl/α,β-unsaturated/α-hetero) is 1. The number of H-pyrrole nitrogens is 1. The van der Waals surface area contributed by atoms with E-state index in [1.807, 2.05) is 0 Å². The summed E-state index contributed by atoms with van der Waals surface area (Å²) >= 11 is 0. The highest BCUT2D eigenvalue weighted by Gasteiger charge is 2.23. The number of methoxy groups -OCH3 is 1. The number of nitrogens with one attached hydrogen (secondary N) is 2. The molecule has 4 aromatic rings. The van der Waals surface area contributed by atoms with Gasteiger partial charge < -0.3 is 10.1 Å². The topological polar surface area (TPSA) is 131 Å². The fraction of sp³-hybridized carbons (Fsp3) is 0.130. The smallest absolute Gasteiger partial charge is 0.253 e. The Balaban J connectivity index is 1.51. The molecule has 1 amide bonds. The molecule has 0 saturated heterocycles. The lowest BCUT2D eigenvalue weighted by molar-refractivity contribution is 0.0949. The third kappa shape index (κ3) is 4.46. The highest BCUT2D eigenvalue weighted by atomic mass is 32.2. The minimum Gasteiger partial charge on any atom is -0.495 e. The number of amides is 1. The average molecular weight is 465 g/mol. The molecule has 2 heterocycles. The van der Waals surface area contributed by atoms with Crippen molar-refractivity contribution in [2.75, 3.05) is 7.11 Å². The monoisotopic (exact) mass is 464 g/mol. The lowest BCUT2D eigenvalue weighted by Crippen LogP contribution is -2.22. The molecule has 0 radical (unpaired) electrons. The van der Waals surface area contributed by atoms with Crippen LogP contribution in [0.1, 0.15) is 33.2 Å². The van der Waals surface area contributed by atoms with Crippen molar-refractivity contribution in [1.29, 1.82) is 0 Å². The van der Waals surface area contributed by atoms with Gasteiger partial charge in [-0.15, -0.1) is 0 Å². The summed E-state index contributed by atoms with van der Waals surface area (Å²) in [7, 11) is -2.56. The summed E-state index contributed by atoms with van der Waals surface area (Å²) in [5.74, 6) is -0.407. The van der Waals surface area contributed by atoms with Crippen molar-refractivity contribution < 1.29 is 22.7 Å². The van der Waals surface area contributed by atoms with Gasteiger partial charge in [-0.2, -0.15) is 5.10 Å². The Kier molecular flexibility index (Phi) is 5.93. The van der Waals surface area contributed by atoms with E-state index in [1.54, 1.807) is 24.4 Å². The third-order valence-electron chi connectivity index (χ3n) is 5.10. The fourth-order valence-corrected chi connectivity index (χ4v) is 4.71. The summed E-state index contributed by atoms with van der Waals surface area (Å²) in [5, 5.41) is 10.1. The molecule has 33 heavy (non-hydrogen) atoms. The Labute approximate surface area is 189 Å². The molecule has 0 saturated carbocycles. The van der Waals surface area contributed by atoms with E-state index in [-0.39, 0.29) is 39.3 Å². The van der Waals surface area contributed by atoms with Crippen molar-refractivity contribution in [2.24, 2.45) is 0 Å². The Morgan fingerprint density at radius 2 is 1.79 bits per heavy atom. The van der Waals surface area contributed by atoms with Gasteiger partial charge in [0.1, 0.15) is 10.6 Å². The Morgan fingerprint density at radius 3 is 2.48 bits per heavy atom. The lowest BCUT2D eigenvalue weighted by atomic mass is 10.1. The van der Waals surface area contributed by atoms with Crippen molar-refractivity contribution in [3.63, 3.8) is 0 Å². The SMILES string of the molecule is COc1ccc(C(C)=O)cc1S(=O)(=O)c1ccc(CNC(=O)c2cnc3[nH]ncc3c2)cc1. The number of hydrogen-bond donors (Lipinski definition) is 2. The predicted molar refractivity (Wildman–Crippen MR) is 120 cm³/mol. The third-order valence-corrected chi connectivity index (χ3v) is 6.89. The molecule has 0 fully saturated rings. The summed E-state index contributed by atoms with van der Waals surface area (Å²) in [5.41, 5.74) is 1.97. The van der Waals surface area contributed by atoms with Crippen molar-refractivity contribution in [3.05, 3.63) is 77.6 Å². The predicted octanol–water partition coefficient (Wildman–Crippen LogP) is 2.93. The van der Waals surface area contributed by atoms with Gasteiger partial charge in [0.15, 0.2) is 11.4 Å². The zero-order valence-corrected chi connectivity index (χ0v) is 18.6. The second kappa shape index (κ2) is 8.83. The highest BCUT2D eigenvalue weighted by molar-refractivity contribution is 7.91. The molecule has 168 valence electrons. The second-order valence-corrected chi connectivity index (χ2v) is 9.20. The number of hydrogen-bond acceptors (Lipinski definition) is 7. The number of aromatic amines is 1. The molecule has 0 atom stereocenters. The van der Waals surface area contributed by atoms with Gasteiger partial charge in [-0.25, -0.2) is 13.4 Å². The molecule has 10 heteroatoms. The number of fused-ring (bicyclic) bond motifs is 1. The van der Waals surface area contributed by atoms with Gasteiger partial charge in [0, 0.05) is 23.7 Å². The van der Waals surface area contributed by atoms with Crippen LogP contribution >= 0.6 is 0 Å². The summed E-state index contributed by atoms with van der Waals surface area (Å²) in [6, 6.07) is 12.1. The van der Waals surface area contributed by atoms with E-state index in [2.05, 4.69) is 20.5 Å². The number of sulfone groups is 1. The molecule has 9 nitrogen and oxygen atoms in total. The molecule has 0 spiro atoms. The molecule has 0 aliphatic rings. The molecule has 4 rings (SSSR count). The van der Waals surface area contributed by atoms with E-state index in [9.17, 15) is 18.0 Å². The quantitative estimate of drug-likeness (QED) is 0.402. The second-order valence-electron chi connectivity index (χ2n) is 7.28. The van der Waals surface area contributed by atoms with E-state index in [0.717, 1.165) is 5.39 Å². The van der Waals surface area contributed by atoms with Crippen molar-refractivity contribution in [2.45, 2.75) is 23.3 Å². The molecule has 0 unspecified atom stereocenters. The van der Waals surface area contributed by atoms with E-state index in [0.29, 0.717) is 16.8 Å². The van der Waals surface area contributed by atoms with Gasteiger partial charge in [0.2, 0.25) is 9.84 Å². The first kappa shape index (κ1) is 22.2. The van der Waals surface area contributed by atoms with Gasteiger partial charge in [-0.3, -0.25) is 14.7 Å². The van der Waals surface area contributed by atoms with Crippen LogP contribution < -0.4 is 10.1 Å². The fourth-order valence-electron chi connectivity index (χ4n) is 3.26. The summed E-state index contributed by atoms with van der Waals surface area (Å²) in [6.45, 7) is 1.57. The molecule has 0 aliphatic heterocycles. The summed E-state index contributed by atoms with van der Waals surface area (Å²) in [4.78, 5) is 28.2. The number of ketones is 1. The van der Waals surface area contributed by atoms with E-state index in [4.69, 9.17) is 4.74 Å². The van der Waals surface area contributed by atoms with Crippen LogP contribution in [0, 0.1) is 0 Å². The van der Waals surface area contributed by atoms with Crippen LogP contribution in [0.15, 0.2) is 70.7 Å². The van der Waals surface area contributed by atoms with Gasteiger partial charge in [0.25, 0.3) is 5.91 Å². The Bertz CT molecular complexity index is 1460. The molecule has 2 aromatic carbocycles. The first-order valence-corrected chi connectivity index (χ1v) is 11.4. The Hall–Kier alpha value is -4.05. The highest BCUT2D eigenvalue weighted by Crippen LogP contribution is 2.30. The van der Waals surface area contributed by atoms with E-state index in [1.165, 1.54) is 50.6 Å². The largest absolute Gasteiger partial charge is 0.495 e. The number of benzene rings is 2. The number of pyridine rings is 1. The number of carbonyl (C=O) groups is 2. The van der Waals surface area contributed by atoms with Crippen LogP contribution in [-0.2, 0) is 16.4 Å². The van der Waals surface area contributed by atoms with Gasteiger partial charge in [-0.1, -0.05) is 12.1 Å². The van der Waals surface area contributed by atoms with Gasteiger partial charge in [0.05, 0.1) is 23.8 Å². The first-order valence-electron chi connectivity index (χ1n) is 9.90. The number of ether oxygens (including phenoxy) is 1. The number of rotatable bonds is 7. The minimum atomic E-state index is -3.93. The van der Waals surface area contributed by atoms with Gasteiger partial charge >= 0.3 is 0 Å². The molecule has 2 aromatic heterocycles. The zero-order valence-electron chi connectivity index (χ0n) is 17.8. The number of aromatic nitrogens is 3. The first-order chi connectivity index (χ1) is 15.8. The minimum absolute atomic E-state index is 0.0474. The lowest BCUT2D eigenvalue weighted by Gasteiger charge is -2.12. The van der Waals surface area contributed by atoms with Crippen molar-refractivity contribution in [1.82, 2.24) is 20.5 Å². The van der Waals surface area contributed by atoms with Crippen LogP contribution in [-0.4, -0.2) is 42.4 Å². The maximum absolute atomic E-state index is 13.2. The summed E-state index contributed by atoms with van der Waals surface area (Å²) in [6.07, 6.45) is 3.04. The van der Waals surface area contributed by atoms with E-state index >= 15 is 0 Å².